The SMILES string of the molecule is COc1ccc(C(=O)NCC2CCN(C(=O)c3sc(C)nc3C)CC2)cn1. The van der Waals surface area contributed by atoms with Crippen molar-refractivity contribution in [1.29, 1.82) is 0 Å². The lowest BCUT2D eigenvalue weighted by molar-refractivity contribution is 0.0688. The van der Waals surface area contributed by atoms with Crippen molar-refractivity contribution >= 4 is 23.2 Å². The second-order valence-electron chi connectivity index (χ2n) is 6.68. The molecule has 27 heavy (non-hydrogen) atoms. The highest BCUT2D eigenvalue weighted by atomic mass is 32.1. The molecule has 8 heteroatoms. The Kier molecular flexibility index (Phi) is 6.05. The number of likely N-dealkylation sites (tertiary alicyclic amines) is 1. The van der Waals surface area contributed by atoms with Crippen molar-refractivity contribution in [3.63, 3.8) is 0 Å². The summed E-state index contributed by atoms with van der Waals surface area (Å²) in [5.41, 5.74) is 1.32. The molecule has 3 heterocycles. The van der Waals surface area contributed by atoms with Crippen molar-refractivity contribution in [2.75, 3.05) is 26.7 Å². The number of nitrogens with zero attached hydrogens (tertiary/aromatic N) is 3. The van der Waals surface area contributed by atoms with Crippen LogP contribution in [0.1, 0.15) is 43.6 Å². The number of thiazole rings is 1. The lowest BCUT2D eigenvalue weighted by atomic mass is 9.96. The molecular formula is C19H24N4O3S. The molecule has 0 atom stereocenters. The Morgan fingerprint density at radius 3 is 2.59 bits per heavy atom. The molecule has 0 spiro atoms. The Morgan fingerprint density at radius 2 is 2.04 bits per heavy atom. The predicted octanol–water partition coefficient (Wildman–Crippen LogP) is 2.45. The number of hydrogen-bond acceptors (Lipinski definition) is 6. The quantitative estimate of drug-likeness (QED) is 0.850. The molecule has 2 amide bonds. The number of pyridine rings is 1. The maximum Gasteiger partial charge on any atom is 0.265 e. The van der Waals surface area contributed by atoms with Gasteiger partial charge in [-0.15, -0.1) is 11.3 Å². The lowest BCUT2D eigenvalue weighted by Gasteiger charge is -2.31. The highest BCUT2D eigenvalue weighted by molar-refractivity contribution is 7.13. The number of aromatic nitrogens is 2. The number of hydrogen-bond donors (Lipinski definition) is 1. The van der Waals surface area contributed by atoms with Gasteiger partial charge in [-0.3, -0.25) is 9.59 Å². The van der Waals surface area contributed by atoms with Crippen molar-refractivity contribution in [1.82, 2.24) is 20.2 Å². The van der Waals surface area contributed by atoms with Crippen molar-refractivity contribution in [2.24, 2.45) is 5.92 Å². The summed E-state index contributed by atoms with van der Waals surface area (Å²) in [4.78, 5) is 35.9. The second-order valence-corrected chi connectivity index (χ2v) is 7.89. The van der Waals surface area contributed by atoms with E-state index in [1.165, 1.54) is 24.6 Å². The first-order chi connectivity index (χ1) is 13.0. The molecule has 1 N–H and O–H groups in total. The number of piperidine rings is 1. The molecule has 2 aromatic heterocycles. The van der Waals surface area contributed by atoms with Crippen LogP contribution in [0.4, 0.5) is 0 Å². The standard InChI is InChI=1S/C19H24N4O3S/c1-12-17(27-13(2)22-12)19(25)23-8-6-14(7-9-23)10-21-18(24)15-4-5-16(26-3)20-11-15/h4-5,11,14H,6-10H2,1-3H3,(H,21,24). The fourth-order valence-corrected chi connectivity index (χ4v) is 4.08. The summed E-state index contributed by atoms with van der Waals surface area (Å²) in [5.74, 6) is 0.785. The summed E-state index contributed by atoms with van der Waals surface area (Å²) >= 11 is 1.46. The van der Waals surface area contributed by atoms with Crippen LogP contribution in [-0.4, -0.2) is 53.4 Å². The fourth-order valence-electron chi connectivity index (χ4n) is 3.19. The summed E-state index contributed by atoms with van der Waals surface area (Å²) in [6.07, 6.45) is 3.27. The van der Waals surface area contributed by atoms with E-state index in [-0.39, 0.29) is 11.8 Å². The largest absolute Gasteiger partial charge is 0.481 e. The Bertz CT molecular complexity index is 811. The molecule has 7 nitrogen and oxygen atoms in total. The molecule has 0 aromatic carbocycles. The second kappa shape index (κ2) is 8.47. The number of ether oxygens (including phenoxy) is 1. The van der Waals surface area contributed by atoms with Crippen molar-refractivity contribution in [2.45, 2.75) is 26.7 Å². The third-order valence-electron chi connectivity index (χ3n) is 4.76. The fraction of sp³-hybridized carbons (Fsp3) is 0.474. The van der Waals surface area contributed by atoms with Gasteiger partial charge in [-0.2, -0.15) is 0 Å². The number of aryl methyl sites for hydroxylation is 2. The molecule has 1 aliphatic heterocycles. The van der Waals surface area contributed by atoms with Gasteiger partial charge in [-0.05, 0) is 38.7 Å². The predicted molar refractivity (Wildman–Crippen MR) is 103 cm³/mol. The summed E-state index contributed by atoms with van der Waals surface area (Å²) in [6.45, 7) is 5.82. The van der Waals surface area contributed by atoms with Crippen molar-refractivity contribution in [3.05, 3.63) is 39.5 Å². The van der Waals surface area contributed by atoms with Crippen LogP contribution in [0.3, 0.4) is 0 Å². The molecule has 0 radical (unpaired) electrons. The Labute approximate surface area is 162 Å². The van der Waals surface area contributed by atoms with Gasteiger partial charge >= 0.3 is 0 Å². The Hall–Kier alpha value is -2.48. The summed E-state index contributed by atoms with van der Waals surface area (Å²) in [6, 6.07) is 3.37. The van der Waals surface area contributed by atoms with Crippen LogP contribution >= 0.6 is 11.3 Å². The normalized spacial score (nSPS) is 14.9. The first-order valence-electron chi connectivity index (χ1n) is 8.99. The van der Waals surface area contributed by atoms with Gasteiger partial charge in [-0.1, -0.05) is 0 Å². The number of methoxy groups -OCH3 is 1. The molecule has 1 aliphatic rings. The summed E-state index contributed by atoms with van der Waals surface area (Å²) < 4.78 is 5.00. The first-order valence-corrected chi connectivity index (χ1v) is 9.81. The molecule has 0 bridgehead atoms. The molecule has 144 valence electrons. The average molecular weight is 388 g/mol. The number of nitrogens with one attached hydrogen (secondary N) is 1. The average Bonchev–Trinajstić information content (AvgIpc) is 3.04. The molecule has 0 unspecified atom stereocenters. The highest BCUT2D eigenvalue weighted by Crippen LogP contribution is 2.23. The number of carbonyl (C=O) groups is 2. The van der Waals surface area contributed by atoms with Crippen molar-refractivity contribution < 1.29 is 14.3 Å². The summed E-state index contributed by atoms with van der Waals surface area (Å²) in [5, 5.41) is 3.88. The van der Waals surface area contributed by atoms with Gasteiger partial charge in [0.25, 0.3) is 11.8 Å². The smallest absolute Gasteiger partial charge is 0.265 e. The van der Waals surface area contributed by atoms with E-state index in [2.05, 4.69) is 15.3 Å². The van der Waals surface area contributed by atoms with E-state index >= 15 is 0 Å². The number of rotatable bonds is 5. The van der Waals surface area contributed by atoms with Crippen LogP contribution in [0, 0.1) is 19.8 Å². The monoisotopic (exact) mass is 388 g/mol. The minimum absolute atomic E-state index is 0.0740. The van der Waals surface area contributed by atoms with Crippen LogP contribution < -0.4 is 10.1 Å². The van der Waals surface area contributed by atoms with Gasteiger partial charge in [0.2, 0.25) is 5.88 Å². The van der Waals surface area contributed by atoms with E-state index in [1.54, 1.807) is 12.1 Å². The van der Waals surface area contributed by atoms with Gasteiger partial charge in [0.1, 0.15) is 4.88 Å². The van der Waals surface area contributed by atoms with E-state index in [9.17, 15) is 9.59 Å². The molecule has 3 rings (SSSR count). The maximum absolute atomic E-state index is 12.7. The lowest BCUT2D eigenvalue weighted by Crippen LogP contribution is -2.41. The zero-order chi connectivity index (χ0) is 19.4. The number of amides is 2. The minimum atomic E-state index is -0.139. The molecular weight excluding hydrogens is 364 g/mol. The van der Waals surface area contributed by atoms with Crippen LogP contribution in [-0.2, 0) is 0 Å². The zero-order valence-electron chi connectivity index (χ0n) is 15.8. The zero-order valence-corrected chi connectivity index (χ0v) is 16.6. The first kappa shape index (κ1) is 19.3. The summed E-state index contributed by atoms with van der Waals surface area (Å²) in [7, 11) is 1.54. The van der Waals surface area contributed by atoms with Gasteiger partial charge in [0.15, 0.2) is 0 Å². The Morgan fingerprint density at radius 1 is 1.30 bits per heavy atom. The molecule has 2 aromatic rings. The van der Waals surface area contributed by atoms with E-state index in [0.717, 1.165) is 28.4 Å². The van der Waals surface area contributed by atoms with Crippen LogP contribution in [0.15, 0.2) is 18.3 Å². The van der Waals surface area contributed by atoms with Crippen molar-refractivity contribution in [3.8, 4) is 5.88 Å². The minimum Gasteiger partial charge on any atom is -0.481 e. The van der Waals surface area contributed by atoms with Gasteiger partial charge in [0.05, 0.1) is 23.4 Å². The topological polar surface area (TPSA) is 84.4 Å². The van der Waals surface area contributed by atoms with Gasteiger partial charge < -0.3 is 15.0 Å². The highest BCUT2D eigenvalue weighted by Gasteiger charge is 2.26. The molecule has 0 aliphatic carbocycles. The van der Waals surface area contributed by atoms with E-state index in [4.69, 9.17) is 4.74 Å². The Balaban J connectivity index is 1.47. The number of carbonyl (C=O) groups excluding carboxylic acids is 2. The van der Waals surface area contributed by atoms with E-state index in [0.29, 0.717) is 37.0 Å². The van der Waals surface area contributed by atoms with Gasteiger partial charge in [0, 0.05) is 31.9 Å². The third-order valence-corrected chi connectivity index (χ3v) is 5.82. The molecule has 1 saturated heterocycles. The molecule has 1 fully saturated rings. The van der Waals surface area contributed by atoms with Crippen LogP contribution in [0.25, 0.3) is 0 Å². The van der Waals surface area contributed by atoms with Crippen LogP contribution in [0.2, 0.25) is 0 Å². The van der Waals surface area contributed by atoms with E-state index < -0.39 is 0 Å². The van der Waals surface area contributed by atoms with Gasteiger partial charge in [-0.25, -0.2) is 9.97 Å². The maximum atomic E-state index is 12.7. The third kappa shape index (κ3) is 4.63. The van der Waals surface area contributed by atoms with Crippen LogP contribution in [0.5, 0.6) is 5.88 Å². The van der Waals surface area contributed by atoms with E-state index in [1.807, 2.05) is 18.7 Å². The molecule has 0 saturated carbocycles.